The lowest BCUT2D eigenvalue weighted by Gasteiger charge is -2.13. The highest BCUT2D eigenvalue weighted by atomic mass is 32.1. The topological polar surface area (TPSA) is 44.5 Å². The van der Waals surface area contributed by atoms with Gasteiger partial charge >= 0.3 is 0 Å². The number of hydrogen-bond acceptors (Lipinski definition) is 4. The monoisotopic (exact) mass is 291 g/mol. The van der Waals surface area contributed by atoms with E-state index in [9.17, 15) is 0 Å². The summed E-state index contributed by atoms with van der Waals surface area (Å²) >= 11 is 1.79. The molecule has 1 aromatic heterocycles. The lowest BCUT2D eigenvalue weighted by Crippen LogP contribution is -2.05. The minimum atomic E-state index is -0.0117. The second-order valence-corrected chi connectivity index (χ2v) is 5.96. The molecule has 0 saturated carbocycles. The van der Waals surface area contributed by atoms with Crippen LogP contribution in [0.2, 0.25) is 0 Å². The molecule has 0 fully saturated rings. The van der Waals surface area contributed by atoms with Crippen LogP contribution in [0.3, 0.4) is 0 Å². The van der Waals surface area contributed by atoms with Gasteiger partial charge in [0.05, 0.1) is 7.11 Å². The molecule has 4 heteroatoms. The van der Waals surface area contributed by atoms with E-state index >= 15 is 0 Å². The summed E-state index contributed by atoms with van der Waals surface area (Å²) in [4.78, 5) is 2.60. The Morgan fingerprint density at radius 1 is 1.15 bits per heavy atom. The van der Waals surface area contributed by atoms with Crippen molar-refractivity contribution in [2.24, 2.45) is 5.73 Å². The van der Waals surface area contributed by atoms with Crippen LogP contribution in [-0.4, -0.2) is 7.11 Å². The van der Waals surface area contributed by atoms with Gasteiger partial charge in [-0.25, -0.2) is 0 Å². The predicted molar refractivity (Wildman–Crippen MR) is 83.6 cm³/mol. The molecule has 0 aliphatic rings. The van der Waals surface area contributed by atoms with E-state index in [1.165, 1.54) is 9.75 Å². The van der Waals surface area contributed by atoms with E-state index < -0.39 is 0 Å². The van der Waals surface area contributed by atoms with Gasteiger partial charge in [-0.2, -0.15) is 0 Å². The normalized spacial score (nSPS) is 12.2. The van der Waals surface area contributed by atoms with Crippen molar-refractivity contribution in [3.63, 3.8) is 0 Å². The summed E-state index contributed by atoms with van der Waals surface area (Å²) in [5, 5.41) is 0. The van der Waals surface area contributed by atoms with Gasteiger partial charge in [-0.05, 0) is 43.2 Å². The quantitative estimate of drug-likeness (QED) is 0.877. The first kappa shape index (κ1) is 14.9. The van der Waals surface area contributed by atoms with Gasteiger partial charge in [0.15, 0.2) is 11.5 Å². The Morgan fingerprint density at radius 3 is 2.50 bits per heavy atom. The van der Waals surface area contributed by atoms with Crippen molar-refractivity contribution in [1.29, 1.82) is 0 Å². The molecule has 1 aromatic carbocycles. The van der Waals surface area contributed by atoms with Crippen molar-refractivity contribution in [2.45, 2.75) is 32.9 Å². The molecule has 0 aliphatic heterocycles. The maximum Gasteiger partial charge on any atom is 0.161 e. The summed E-state index contributed by atoms with van der Waals surface area (Å²) in [6, 6.07) is 10.1. The average Bonchev–Trinajstić information content (AvgIpc) is 2.92. The summed E-state index contributed by atoms with van der Waals surface area (Å²) < 4.78 is 11.2. The van der Waals surface area contributed by atoms with Crippen LogP contribution in [0.1, 0.15) is 35.2 Å². The van der Waals surface area contributed by atoms with Crippen LogP contribution in [0.5, 0.6) is 11.5 Å². The fraction of sp³-hybridized carbons (Fsp3) is 0.375. The molecule has 1 atom stereocenters. The van der Waals surface area contributed by atoms with Crippen molar-refractivity contribution in [2.75, 3.05) is 7.11 Å². The molecule has 0 saturated heterocycles. The Kier molecular flexibility index (Phi) is 5.04. The van der Waals surface area contributed by atoms with Gasteiger partial charge in [-0.15, -0.1) is 11.3 Å². The number of ether oxygens (including phenoxy) is 2. The zero-order chi connectivity index (χ0) is 14.5. The van der Waals surface area contributed by atoms with Gasteiger partial charge in [-0.1, -0.05) is 13.0 Å². The van der Waals surface area contributed by atoms with E-state index in [2.05, 4.69) is 19.1 Å². The zero-order valence-corrected chi connectivity index (χ0v) is 13.0. The van der Waals surface area contributed by atoms with Crippen molar-refractivity contribution in [1.82, 2.24) is 0 Å². The molecular weight excluding hydrogens is 270 g/mol. The number of hydrogen-bond donors (Lipinski definition) is 1. The summed E-state index contributed by atoms with van der Waals surface area (Å²) in [6.45, 7) is 4.68. The van der Waals surface area contributed by atoms with Gasteiger partial charge in [0.1, 0.15) is 6.61 Å². The van der Waals surface area contributed by atoms with E-state index in [0.29, 0.717) is 6.61 Å². The van der Waals surface area contributed by atoms with Crippen LogP contribution >= 0.6 is 11.3 Å². The summed E-state index contributed by atoms with van der Waals surface area (Å²) in [5.74, 6) is 1.48. The fourth-order valence-electron chi connectivity index (χ4n) is 1.93. The molecule has 0 aliphatic carbocycles. The van der Waals surface area contributed by atoms with E-state index in [-0.39, 0.29) is 6.04 Å². The standard InChI is InChI=1S/C16H21NO2S/c1-4-13-6-7-14(20-13)10-19-15-8-5-12(11(2)17)9-16(15)18-3/h5-9,11H,4,10,17H2,1-3H3/t11-/m1/s1. The molecule has 2 aromatic rings. The molecule has 0 bridgehead atoms. The number of methoxy groups -OCH3 is 1. The third kappa shape index (κ3) is 3.52. The van der Waals surface area contributed by atoms with Crippen LogP contribution in [0.15, 0.2) is 30.3 Å². The third-order valence-corrected chi connectivity index (χ3v) is 4.35. The second kappa shape index (κ2) is 6.77. The van der Waals surface area contributed by atoms with Crippen molar-refractivity contribution in [3.05, 3.63) is 45.6 Å². The Bertz CT molecular complexity index is 563. The van der Waals surface area contributed by atoms with E-state index in [0.717, 1.165) is 23.5 Å². The van der Waals surface area contributed by atoms with Crippen LogP contribution in [0, 0.1) is 0 Å². The summed E-state index contributed by atoms with van der Waals surface area (Å²) in [7, 11) is 1.65. The molecule has 20 heavy (non-hydrogen) atoms. The van der Waals surface area contributed by atoms with E-state index in [1.807, 2.05) is 25.1 Å². The largest absolute Gasteiger partial charge is 0.493 e. The molecule has 0 spiro atoms. The maximum absolute atomic E-state index is 5.88. The smallest absolute Gasteiger partial charge is 0.161 e. The molecule has 1 heterocycles. The summed E-state index contributed by atoms with van der Waals surface area (Å²) in [6.07, 6.45) is 1.07. The van der Waals surface area contributed by atoms with Gasteiger partial charge in [0, 0.05) is 15.8 Å². The summed E-state index contributed by atoms with van der Waals surface area (Å²) in [5.41, 5.74) is 6.92. The van der Waals surface area contributed by atoms with Gasteiger partial charge in [-0.3, -0.25) is 0 Å². The molecule has 2 N–H and O–H groups in total. The highest BCUT2D eigenvalue weighted by Gasteiger charge is 2.09. The number of rotatable bonds is 6. The van der Waals surface area contributed by atoms with E-state index in [4.69, 9.17) is 15.2 Å². The molecule has 108 valence electrons. The Hall–Kier alpha value is -1.52. The van der Waals surface area contributed by atoms with Crippen LogP contribution in [0.25, 0.3) is 0 Å². The zero-order valence-electron chi connectivity index (χ0n) is 12.2. The van der Waals surface area contributed by atoms with Crippen LogP contribution in [-0.2, 0) is 13.0 Å². The number of benzene rings is 1. The third-order valence-electron chi connectivity index (χ3n) is 3.15. The first-order valence-corrected chi connectivity index (χ1v) is 7.59. The minimum Gasteiger partial charge on any atom is -0.493 e. The van der Waals surface area contributed by atoms with Crippen LogP contribution in [0.4, 0.5) is 0 Å². The highest BCUT2D eigenvalue weighted by Crippen LogP contribution is 2.31. The van der Waals surface area contributed by atoms with E-state index in [1.54, 1.807) is 18.4 Å². The second-order valence-electron chi connectivity index (χ2n) is 4.71. The number of thiophene rings is 1. The van der Waals surface area contributed by atoms with Crippen molar-refractivity contribution >= 4 is 11.3 Å². The molecule has 0 radical (unpaired) electrons. The van der Waals surface area contributed by atoms with Gasteiger partial charge in [0.2, 0.25) is 0 Å². The van der Waals surface area contributed by atoms with Gasteiger partial charge < -0.3 is 15.2 Å². The minimum absolute atomic E-state index is 0.0117. The van der Waals surface area contributed by atoms with Gasteiger partial charge in [0.25, 0.3) is 0 Å². The molecule has 2 rings (SSSR count). The Balaban J connectivity index is 2.08. The fourth-order valence-corrected chi connectivity index (χ4v) is 2.80. The maximum atomic E-state index is 5.88. The number of nitrogens with two attached hydrogens (primary N) is 1. The predicted octanol–water partition coefficient (Wildman–Crippen LogP) is 3.92. The van der Waals surface area contributed by atoms with Crippen molar-refractivity contribution < 1.29 is 9.47 Å². The van der Waals surface area contributed by atoms with Crippen molar-refractivity contribution in [3.8, 4) is 11.5 Å². The number of aryl methyl sites for hydroxylation is 1. The Morgan fingerprint density at radius 2 is 1.90 bits per heavy atom. The SMILES string of the molecule is CCc1ccc(COc2ccc([C@@H](C)N)cc2OC)s1. The average molecular weight is 291 g/mol. The first-order chi connectivity index (χ1) is 9.63. The molecule has 0 unspecified atom stereocenters. The van der Waals surface area contributed by atoms with Crippen LogP contribution < -0.4 is 15.2 Å². The highest BCUT2D eigenvalue weighted by molar-refractivity contribution is 7.11. The molecule has 3 nitrogen and oxygen atoms in total. The molecule has 0 amide bonds. The first-order valence-electron chi connectivity index (χ1n) is 6.78. The lowest BCUT2D eigenvalue weighted by molar-refractivity contribution is 0.287. The lowest BCUT2D eigenvalue weighted by atomic mass is 10.1. The Labute approximate surface area is 124 Å². The molecular formula is C16H21NO2S.